The van der Waals surface area contributed by atoms with Crippen molar-refractivity contribution >= 4 is 0 Å². The van der Waals surface area contributed by atoms with E-state index < -0.39 is 0 Å². The molecule has 2 heteroatoms. The highest BCUT2D eigenvalue weighted by molar-refractivity contribution is 5.32. The van der Waals surface area contributed by atoms with Gasteiger partial charge in [0.15, 0.2) is 0 Å². The van der Waals surface area contributed by atoms with Crippen LogP contribution >= 0.6 is 0 Å². The molecule has 1 aromatic rings. The lowest BCUT2D eigenvalue weighted by molar-refractivity contribution is 0.323. The number of phenolic OH excluding ortho intramolecular Hbond substituents is 1. The summed E-state index contributed by atoms with van der Waals surface area (Å²) in [5.74, 6) is 1.09. The first-order chi connectivity index (χ1) is 7.54. The van der Waals surface area contributed by atoms with Crippen LogP contribution in [0.25, 0.3) is 0 Å². The minimum Gasteiger partial charge on any atom is -0.508 e. The van der Waals surface area contributed by atoms with Gasteiger partial charge in [0.05, 0.1) is 0 Å². The number of allylic oxidation sites excluding steroid dienone is 1. The molecule has 2 nitrogen and oxygen atoms in total. The van der Waals surface area contributed by atoms with Crippen molar-refractivity contribution in [3.8, 4) is 5.75 Å². The van der Waals surface area contributed by atoms with Gasteiger partial charge in [-0.15, -0.1) is 6.58 Å². The van der Waals surface area contributed by atoms with E-state index in [9.17, 15) is 5.11 Å². The first-order valence-corrected chi connectivity index (χ1v) is 5.60. The highest BCUT2D eigenvalue weighted by atomic mass is 16.3. The number of phenols is 1. The Balaban J connectivity index is 2.85. The Morgan fingerprint density at radius 3 is 2.62 bits per heavy atom. The summed E-state index contributed by atoms with van der Waals surface area (Å²) in [4.78, 5) is 2.17. The highest BCUT2D eigenvalue weighted by Crippen LogP contribution is 2.28. The summed E-state index contributed by atoms with van der Waals surface area (Å²) >= 11 is 0. The van der Waals surface area contributed by atoms with Gasteiger partial charge in [-0.25, -0.2) is 0 Å². The van der Waals surface area contributed by atoms with Crippen LogP contribution < -0.4 is 0 Å². The van der Waals surface area contributed by atoms with Crippen LogP contribution in [0.3, 0.4) is 0 Å². The Bertz CT molecular complexity index is 346. The van der Waals surface area contributed by atoms with E-state index >= 15 is 0 Å². The number of hydrogen-bond acceptors (Lipinski definition) is 2. The van der Waals surface area contributed by atoms with Crippen molar-refractivity contribution in [1.82, 2.24) is 4.90 Å². The third-order valence-corrected chi connectivity index (χ3v) is 2.78. The highest BCUT2D eigenvalue weighted by Gasteiger charge is 2.16. The molecule has 0 unspecified atom stereocenters. The summed E-state index contributed by atoms with van der Waals surface area (Å²) < 4.78 is 0. The van der Waals surface area contributed by atoms with Gasteiger partial charge in [-0.05, 0) is 37.7 Å². The first-order valence-electron chi connectivity index (χ1n) is 5.60. The third kappa shape index (κ3) is 3.38. The summed E-state index contributed by atoms with van der Waals surface area (Å²) in [5.41, 5.74) is 1.13. The average Bonchev–Trinajstić information content (AvgIpc) is 2.17. The van der Waals surface area contributed by atoms with E-state index in [1.807, 2.05) is 24.3 Å². The predicted molar refractivity (Wildman–Crippen MR) is 68.8 cm³/mol. The van der Waals surface area contributed by atoms with Gasteiger partial charge < -0.3 is 10.0 Å². The molecule has 0 amide bonds. The van der Waals surface area contributed by atoms with Crippen LogP contribution in [0.4, 0.5) is 0 Å². The van der Waals surface area contributed by atoms with Crippen LogP contribution in [0.2, 0.25) is 0 Å². The van der Waals surface area contributed by atoms with Gasteiger partial charge in [0.2, 0.25) is 0 Å². The summed E-state index contributed by atoms with van der Waals surface area (Å²) in [6.07, 6.45) is 1.96. The molecule has 16 heavy (non-hydrogen) atoms. The van der Waals surface area contributed by atoms with E-state index in [4.69, 9.17) is 0 Å². The molecule has 0 aliphatic carbocycles. The Labute approximate surface area is 98.2 Å². The molecule has 0 aromatic heterocycles. The molecule has 0 fully saturated rings. The predicted octanol–water partition coefficient (Wildman–Crippen LogP) is 2.86. The Kier molecular flexibility index (Phi) is 4.56. The van der Waals surface area contributed by atoms with E-state index in [-0.39, 0.29) is 5.92 Å². The van der Waals surface area contributed by atoms with Crippen molar-refractivity contribution in [2.45, 2.75) is 12.8 Å². The number of rotatable bonds is 5. The van der Waals surface area contributed by atoms with E-state index in [1.165, 1.54) is 0 Å². The zero-order chi connectivity index (χ0) is 12.1. The van der Waals surface area contributed by atoms with Crippen LogP contribution in [0.15, 0.2) is 36.9 Å². The number of aromatic hydroxyl groups is 1. The SMILES string of the molecule is C=C[C@@H](c1cccc(O)c1)[C@@H](C)CN(C)C. The summed E-state index contributed by atoms with van der Waals surface area (Å²) in [7, 11) is 4.14. The lowest BCUT2D eigenvalue weighted by atomic mass is 9.87. The third-order valence-electron chi connectivity index (χ3n) is 2.78. The Morgan fingerprint density at radius 2 is 2.12 bits per heavy atom. The van der Waals surface area contributed by atoms with Gasteiger partial charge in [0, 0.05) is 12.5 Å². The second-order valence-corrected chi connectivity index (χ2v) is 4.60. The van der Waals surface area contributed by atoms with Crippen molar-refractivity contribution in [3.05, 3.63) is 42.5 Å². The maximum absolute atomic E-state index is 9.48. The fourth-order valence-corrected chi connectivity index (χ4v) is 2.12. The van der Waals surface area contributed by atoms with Crippen LogP contribution in [0.5, 0.6) is 5.75 Å². The molecule has 1 rings (SSSR count). The molecule has 0 aliphatic heterocycles. The van der Waals surface area contributed by atoms with Gasteiger partial charge in [-0.2, -0.15) is 0 Å². The molecule has 0 saturated heterocycles. The van der Waals surface area contributed by atoms with Gasteiger partial charge >= 0.3 is 0 Å². The second-order valence-electron chi connectivity index (χ2n) is 4.60. The minimum absolute atomic E-state index is 0.287. The zero-order valence-corrected chi connectivity index (χ0v) is 10.4. The van der Waals surface area contributed by atoms with Crippen molar-refractivity contribution in [3.63, 3.8) is 0 Å². The normalized spacial score (nSPS) is 14.8. The fraction of sp³-hybridized carbons (Fsp3) is 0.429. The maximum Gasteiger partial charge on any atom is 0.115 e. The van der Waals surface area contributed by atoms with Crippen LogP contribution in [0.1, 0.15) is 18.4 Å². The van der Waals surface area contributed by atoms with Gasteiger partial charge in [0.1, 0.15) is 5.75 Å². The quantitative estimate of drug-likeness (QED) is 0.770. The lowest BCUT2D eigenvalue weighted by Gasteiger charge is -2.24. The molecule has 88 valence electrons. The van der Waals surface area contributed by atoms with E-state index in [0.717, 1.165) is 12.1 Å². The zero-order valence-electron chi connectivity index (χ0n) is 10.4. The molecule has 0 saturated carbocycles. The minimum atomic E-state index is 0.287. The molecule has 1 aromatic carbocycles. The molecule has 0 spiro atoms. The number of nitrogens with zero attached hydrogens (tertiary/aromatic N) is 1. The van der Waals surface area contributed by atoms with Gasteiger partial charge in [-0.1, -0.05) is 25.1 Å². The monoisotopic (exact) mass is 219 g/mol. The molecule has 1 N–H and O–H groups in total. The van der Waals surface area contributed by atoms with Crippen molar-refractivity contribution in [1.29, 1.82) is 0 Å². The van der Waals surface area contributed by atoms with E-state index in [2.05, 4.69) is 32.5 Å². The van der Waals surface area contributed by atoms with E-state index in [0.29, 0.717) is 11.7 Å². The largest absolute Gasteiger partial charge is 0.508 e. The van der Waals surface area contributed by atoms with Crippen molar-refractivity contribution in [2.24, 2.45) is 5.92 Å². The van der Waals surface area contributed by atoms with Crippen molar-refractivity contribution in [2.75, 3.05) is 20.6 Å². The van der Waals surface area contributed by atoms with Gasteiger partial charge in [0.25, 0.3) is 0 Å². The molecule has 0 bridgehead atoms. The molecule has 0 heterocycles. The van der Waals surface area contributed by atoms with Crippen molar-refractivity contribution < 1.29 is 5.11 Å². The maximum atomic E-state index is 9.48. The summed E-state index contributed by atoms with van der Waals surface area (Å²) in [6.45, 7) is 7.11. The lowest BCUT2D eigenvalue weighted by Crippen LogP contribution is -2.23. The molecule has 0 aliphatic rings. The molecule has 2 atom stereocenters. The first kappa shape index (κ1) is 12.8. The van der Waals surface area contributed by atoms with Crippen LogP contribution in [-0.4, -0.2) is 30.6 Å². The molecular formula is C14H21NO. The Hall–Kier alpha value is -1.28. The standard InChI is InChI=1S/C14H21NO/c1-5-14(11(2)10-15(3)4)12-7-6-8-13(16)9-12/h5-9,11,14,16H,1,10H2,2-4H3/t11-,14+/m0/s1. The van der Waals surface area contributed by atoms with Gasteiger partial charge in [-0.3, -0.25) is 0 Å². The second kappa shape index (κ2) is 5.71. The topological polar surface area (TPSA) is 23.5 Å². The molecule has 0 radical (unpaired) electrons. The average molecular weight is 219 g/mol. The molecular weight excluding hydrogens is 198 g/mol. The van der Waals surface area contributed by atoms with E-state index in [1.54, 1.807) is 6.07 Å². The summed E-state index contributed by atoms with van der Waals surface area (Å²) in [5, 5.41) is 9.48. The fourth-order valence-electron chi connectivity index (χ4n) is 2.12. The number of hydrogen-bond donors (Lipinski definition) is 1. The summed E-state index contributed by atoms with van der Waals surface area (Å²) in [6, 6.07) is 7.43. The van der Waals surface area contributed by atoms with Crippen LogP contribution in [0, 0.1) is 5.92 Å². The Morgan fingerprint density at radius 1 is 1.44 bits per heavy atom. The van der Waals surface area contributed by atoms with Crippen LogP contribution in [-0.2, 0) is 0 Å². The number of benzene rings is 1. The smallest absolute Gasteiger partial charge is 0.115 e.